The minimum atomic E-state index is -0.157. The van der Waals surface area contributed by atoms with Crippen molar-refractivity contribution >= 4 is 38.9 Å². The number of rotatable bonds is 7. The van der Waals surface area contributed by atoms with Crippen LogP contribution in [-0.2, 0) is 5.41 Å². The topological polar surface area (TPSA) is 8.17 Å². The minimum absolute atomic E-state index is 0.157. The van der Waals surface area contributed by atoms with Gasteiger partial charge < -0.3 is 9.47 Å². The lowest BCUT2D eigenvalue weighted by atomic mass is 9.82. The Kier molecular flexibility index (Phi) is 8.20. The minimum Gasteiger partial charge on any atom is -0.309 e. The van der Waals surface area contributed by atoms with Gasteiger partial charge in [0, 0.05) is 33.0 Å². The molecule has 0 amide bonds. The van der Waals surface area contributed by atoms with Crippen LogP contribution < -0.4 is 4.90 Å². The Morgan fingerprint density at radius 2 is 0.847 bits per heavy atom. The molecule has 1 aliphatic carbocycles. The smallest absolute Gasteiger partial charge is 0.0562 e. The van der Waals surface area contributed by atoms with E-state index < -0.39 is 0 Å². The van der Waals surface area contributed by atoms with E-state index in [0.29, 0.717) is 0 Å². The van der Waals surface area contributed by atoms with Gasteiger partial charge in [0.05, 0.1) is 28.1 Å². The summed E-state index contributed by atoms with van der Waals surface area (Å²) in [6.07, 6.45) is 0. The van der Waals surface area contributed by atoms with Gasteiger partial charge in [0.2, 0.25) is 0 Å². The highest BCUT2D eigenvalue weighted by atomic mass is 15.2. The van der Waals surface area contributed by atoms with Gasteiger partial charge in [-0.1, -0.05) is 190 Å². The molecule has 0 unspecified atom stereocenters. The van der Waals surface area contributed by atoms with Crippen molar-refractivity contribution in [1.29, 1.82) is 0 Å². The number of nitrogens with zero attached hydrogens (tertiary/aromatic N) is 2. The van der Waals surface area contributed by atoms with E-state index >= 15 is 0 Å². The second kappa shape index (κ2) is 13.9. The highest BCUT2D eigenvalue weighted by Gasteiger charge is 2.38. The highest BCUT2D eigenvalue weighted by molar-refractivity contribution is 6.17. The third-order valence-electron chi connectivity index (χ3n) is 12.4. The van der Waals surface area contributed by atoms with E-state index in [-0.39, 0.29) is 5.41 Å². The molecule has 1 heterocycles. The van der Waals surface area contributed by atoms with Crippen LogP contribution >= 0.6 is 0 Å². The third-order valence-corrected chi connectivity index (χ3v) is 12.4. The molecule has 11 rings (SSSR count). The fourth-order valence-corrected chi connectivity index (χ4v) is 9.79. The molecule has 2 nitrogen and oxygen atoms in total. The van der Waals surface area contributed by atoms with Crippen LogP contribution in [0.1, 0.15) is 25.0 Å². The maximum atomic E-state index is 2.57. The van der Waals surface area contributed by atoms with E-state index in [1.54, 1.807) is 0 Å². The summed E-state index contributed by atoms with van der Waals surface area (Å²) in [6.45, 7) is 4.74. The van der Waals surface area contributed by atoms with Crippen molar-refractivity contribution in [3.05, 3.63) is 230 Å². The van der Waals surface area contributed by atoms with E-state index in [0.717, 1.165) is 22.6 Å². The Morgan fingerprint density at radius 1 is 0.356 bits per heavy atom. The third kappa shape index (κ3) is 5.48. The van der Waals surface area contributed by atoms with Gasteiger partial charge >= 0.3 is 0 Å². The average molecular weight is 755 g/mol. The van der Waals surface area contributed by atoms with Crippen molar-refractivity contribution in [2.24, 2.45) is 0 Å². The first-order valence-corrected chi connectivity index (χ1v) is 20.5. The van der Waals surface area contributed by atoms with Crippen LogP contribution in [0.2, 0.25) is 0 Å². The second-order valence-corrected chi connectivity index (χ2v) is 16.0. The van der Waals surface area contributed by atoms with Gasteiger partial charge in [0.15, 0.2) is 0 Å². The molecular weight excluding hydrogens is 713 g/mol. The summed E-state index contributed by atoms with van der Waals surface area (Å²) in [5.74, 6) is 0. The fourth-order valence-electron chi connectivity index (χ4n) is 9.79. The van der Waals surface area contributed by atoms with E-state index in [1.165, 1.54) is 77.6 Å². The summed E-state index contributed by atoms with van der Waals surface area (Å²) >= 11 is 0. The summed E-state index contributed by atoms with van der Waals surface area (Å²) in [6, 6.07) is 79.9. The zero-order chi connectivity index (χ0) is 39.5. The summed E-state index contributed by atoms with van der Waals surface area (Å²) in [5, 5.41) is 2.43. The number of benzene rings is 9. The molecule has 0 saturated heterocycles. The van der Waals surface area contributed by atoms with E-state index in [1.807, 2.05) is 0 Å². The van der Waals surface area contributed by atoms with Gasteiger partial charge in [-0.2, -0.15) is 0 Å². The average Bonchev–Trinajstić information content (AvgIpc) is 3.76. The Balaban J connectivity index is 1.24. The molecule has 10 aromatic rings. The van der Waals surface area contributed by atoms with Crippen LogP contribution in [0.15, 0.2) is 218 Å². The summed E-state index contributed by atoms with van der Waals surface area (Å²) in [7, 11) is 0. The number of hydrogen-bond acceptors (Lipinski definition) is 1. The normalized spacial score (nSPS) is 12.7. The quantitative estimate of drug-likeness (QED) is 0.157. The van der Waals surface area contributed by atoms with E-state index in [2.05, 4.69) is 242 Å². The highest BCUT2D eigenvalue weighted by Crippen LogP contribution is 2.56. The van der Waals surface area contributed by atoms with Gasteiger partial charge in [0.25, 0.3) is 0 Å². The van der Waals surface area contributed by atoms with Crippen LogP contribution in [0.3, 0.4) is 0 Å². The van der Waals surface area contributed by atoms with Crippen LogP contribution in [-0.4, -0.2) is 4.57 Å². The maximum absolute atomic E-state index is 2.57. The Hall–Kier alpha value is -7.42. The molecule has 1 aliphatic rings. The fraction of sp³-hybridized carbons (Fsp3) is 0.0526. The van der Waals surface area contributed by atoms with Crippen LogP contribution in [0.4, 0.5) is 17.1 Å². The lowest BCUT2D eigenvalue weighted by molar-refractivity contribution is 0.660. The molecule has 9 aromatic carbocycles. The van der Waals surface area contributed by atoms with Crippen LogP contribution in [0.25, 0.3) is 72.0 Å². The Labute approximate surface area is 345 Å². The number of para-hydroxylation sites is 3. The SMILES string of the molecule is CC1(C)c2ccccc2-c2c(N(c3ccccc3-c3ccccc3-c3ccccc3-c3ccccc3)c3cccc4c3c3ccccc3n4-c3ccccc3)cccc21. The molecule has 0 atom stereocenters. The van der Waals surface area contributed by atoms with Gasteiger partial charge in [-0.3, -0.25) is 0 Å². The molecule has 0 aliphatic heterocycles. The Morgan fingerprint density at radius 3 is 1.61 bits per heavy atom. The van der Waals surface area contributed by atoms with Crippen molar-refractivity contribution in [1.82, 2.24) is 4.57 Å². The first-order chi connectivity index (χ1) is 29.1. The number of anilines is 3. The zero-order valence-electron chi connectivity index (χ0n) is 33.2. The summed E-state index contributed by atoms with van der Waals surface area (Å²) in [4.78, 5) is 2.57. The summed E-state index contributed by atoms with van der Waals surface area (Å²) < 4.78 is 2.42. The van der Waals surface area contributed by atoms with Gasteiger partial charge in [-0.15, -0.1) is 0 Å². The molecule has 2 heteroatoms. The molecule has 0 radical (unpaired) electrons. The van der Waals surface area contributed by atoms with E-state index in [4.69, 9.17) is 0 Å². The maximum Gasteiger partial charge on any atom is 0.0562 e. The Bertz CT molecular complexity index is 3190. The monoisotopic (exact) mass is 754 g/mol. The van der Waals surface area contributed by atoms with Gasteiger partial charge in [-0.05, 0) is 87.0 Å². The first-order valence-electron chi connectivity index (χ1n) is 20.5. The largest absolute Gasteiger partial charge is 0.309 e. The molecule has 1 aromatic heterocycles. The van der Waals surface area contributed by atoms with Crippen LogP contribution in [0.5, 0.6) is 0 Å². The molecule has 59 heavy (non-hydrogen) atoms. The summed E-state index contributed by atoms with van der Waals surface area (Å²) in [5.41, 5.74) is 19.2. The number of fused-ring (bicyclic) bond motifs is 6. The zero-order valence-corrected chi connectivity index (χ0v) is 33.2. The van der Waals surface area contributed by atoms with Crippen molar-refractivity contribution < 1.29 is 0 Å². The predicted octanol–water partition coefficient (Wildman–Crippen LogP) is 15.6. The molecule has 280 valence electrons. The van der Waals surface area contributed by atoms with Crippen molar-refractivity contribution in [2.75, 3.05) is 4.90 Å². The molecule has 0 fully saturated rings. The number of hydrogen-bond donors (Lipinski definition) is 0. The molecule has 0 saturated carbocycles. The van der Waals surface area contributed by atoms with Crippen LogP contribution in [0, 0.1) is 0 Å². The van der Waals surface area contributed by atoms with Gasteiger partial charge in [-0.25, -0.2) is 0 Å². The second-order valence-electron chi connectivity index (χ2n) is 16.0. The molecule has 0 spiro atoms. The predicted molar refractivity (Wildman–Crippen MR) is 249 cm³/mol. The van der Waals surface area contributed by atoms with Crippen molar-refractivity contribution in [3.63, 3.8) is 0 Å². The molecular formula is C57H42N2. The lowest BCUT2D eigenvalue weighted by Gasteiger charge is -2.31. The van der Waals surface area contributed by atoms with E-state index in [9.17, 15) is 0 Å². The molecule has 0 N–H and O–H groups in total. The van der Waals surface area contributed by atoms with Crippen molar-refractivity contribution in [2.45, 2.75) is 19.3 Å². The van der Waals surface area contributed by atoms with Crippen molar-refractivity contribution in [3.8, 4) is 50.2 Å². The lowest BCUT2D eigenvalue weighted by Crippen LogP contribution is -2.16. The number of aromatic nitrogens is 1. The van der Waals surface area contributed by atoms with Gasteiger partial charge in [0.1, 0.15) is 0 Å². The first kappa shape index (κ1) is 34.8. The molecule has 0 bridgehead atoms. The standard InChI is InChI=1S/C57H42N2/c1-57(2)48-32-16-13-30-46(48)55-49(57)33-19-36-52(55)59(54-38-20-37-53-56(54)47-31-15-18-35-51(47)58(53)40-23-7-4-8-24-40)50-34-17-14-29-45(50)44-28-12-11-27-43(44)42-26-10-9-25-41(42)39-21-5-3-6-22-39/h3-38H,1-2H3.